The predicted molar refractivity (Wildman–Crippen MR) is 77.5 cm³/mol. The first-order valence-corrected chi connectivity index (χ1v) is 7.31. The molecule has 2 heterocycles. The van der Waals surface area contributed by atoms with Gasteiger partial charge in [-0.2, -0.15) is 0 Å². The van der Waals surface area contributed by atoms with Gasteiger partial charge in [0.05, 0.1) is 4.88 Å². The Balaban J connectivity index is 1.75. The summed E-state index contributed by atoms with van der Waals surface area (Å²) >= 11 is 1.55. The molecule has 0 aromatic carbocycles. The monoisotopic (exact) mass is 294 g/mol. The number of nitrogens with one attached hydrogen (secondary N) is 1. The minimum absolute atomic E-state index is 0.00252. The van der Waals surface area contributed by atoms with Crippen LogP contribution in [0.4, 0.5) is 0 Å². The SMILES string of the molecule is CN(C)CCNC(=O)CCc1nnc(-c2cccs2)o1. The molecule has 20 heavy (non-hydrogen) atoms. The topological polar surface area (TPSA) is 71.3 Å². The van der Waals surface area contributed by atoms with Gasteiger partial charge in [0.1, 0.15) is 0 Å². The molecule has 2 aromatic heterocycles. The smallest absolute Gasteiger partial charge is 0.257 e. The minimum Gasteiger partial charge on any atom is -0.420 e. The van der Waals surface area contributed by atoms with Gasteiger partial charge in [0.15, 0.2) is 0 Å². The molecule has 0 saturated heterocycles. The van der Waals surface area contributed by atoms with Crippen LogP contribution in [-0.4, -0.2) is 48.2 Å². The van der Waals surface area contributed by atoms with Crippen molar-refractivity contribution in [3.8, 4) is 10.8 Å². The molecule has 0 spiro atoms. The van der Waals surface area contributed by atoms with Crippen LogP contribution < -0.4 is 5.32 Å². The second kappa shape index (κ2) is 7.16. The fourth-order valence-electron chi connectivity index (χ4n) is 1.58. The number of aryl methyl sites for hydroxylation is 1. The molecular weight excluding hydrogens is 276 g/mol. The summed E-state index contributed by atoms with van der Waals surface area (Å²) < 4.78 is 5.52. The van der Waals surface area contributed by atoms with E-state index in [0.29, 0.717) is 31.2 Å². The molecule has 0 aliphatic carbocycles. The average molecular weight is 294 g/mol. The molecule has 0 radical (unpaired) electrons. The van der Waals surface area contributed by atoms with Crippen LogP contribution in [0.5, 0.6) is 0 Å². The molecule has 0 atom stereocenters. The third-order valence-electron chi connectivity index (χ3n) is 2.65. The molecule has 1 amide bonds. The van der Waals surface area contributed by atoms with Crippen molar-refractivity contribution < 1.29 is 9.21 Å². The number of carbonyl (C=O) groups is 1. The van der Waals surface area contributed by atoms with Crippen molar-refractivity contribution in [1.82, 2.24) is 20.4 Å². The summed E-state index contributed by atoms with van der Waals surface area (Å²) in [5.41, 5.74) is 0. The van der Waals surface area contributed by atoms with Gasteiger partial charge in [-0.15, -0.1) is 21.5 Å². The van der Waals surface area contributed by atoms with Gasteiger partial charge in [-0.3, -0.25) is 4.79 Å². The van der Waals surface area contributed by atoms with E-state index in [2.05, 4.69) is 15.5 Å². The van der Waals surface area contributed by atoms with Crippen molar-refractivity contribution in [3.05, 3.63) is 23.4 Å². The molecule has 2 rings (SSSR count). The zero-order valence-electron chi connectivity index (χ0n) is 11.6. The summed E-state index contributed by atoms with van der Waals surface area (Å²) in [5.74, 6) is 1.02. The summed E-state index contributed by atoms with van der Waals surface area (Å²) in [6.45, 7) is 1.48. The van der Waals surface area contributed by atoms with E-state index >= 15 is 0 Å². The Labute approximate surface area is 121 Å². The van der Waals surface area contributed by atoms with Crippen LogP contribution in [-0.2, 0) is 11.2 Å². The zero-order valence-corrected chi connectivity index (χ0v) is 12.4. The van der Waals surface area contributed by atoms with Crippen LogP contribution in [0.3, 0.4) is 0 Å². The summed E-state index contributed by atoms with van der Waals surface area (Å²) in [6.07, 6.45) is 0.825. The molecule has 0 aliphatic rings. The molecule has 0 unspecified atom stereocenters. The molecule has 2 aromatic rings. The van der Waals surface area contributed by atoms with Crippen molar-refractivity contribution in [3.63, 3.8) is 0 Å². The van der Waals surface area contributed by atoms with E-state index < -0.39 is 0 Å². The Bertz CT molecular complexity index is 536. The predicted octanol–water partition coefficient (Wildman–Crippen LogP) is 1.41. The van der Waals surface area contributed by atoms with E-state index in [1.165, 1.54) is 0 Å². The third kappa shape index (κ3) is 4.43. The fraction of sp³-hybridized carbons (Fsp3) is 0.462. The normalized spacial score (nSPS) is 10.9. The fourth-order valence-corrected chi connectivity index (χ4v) is 2.23. The van der Waals surface area contributed by atoms with E-state index in [1.54, 1.807) is 11.3 Å². The molecule has 108 valence electrons. The van der Waals surface area contributed by atoms with Crippen LogP contribution in [0.15, 0.2) is 21.9 Å². The molecule has 0 fully saturated rings. The molecule has 7 heteroatoms. The van der Waals surface area contributed by atoms with Gasteiger partial charge in [-0.1, -0.05) is 6.07 Å². The van der Waals surface area contributed by atoms with Gasteiger partial charge in [-0.25, -0.2) is 0 Å². The van der Waals surface area contributed by atoms with Crippen molar-refractivity contribution in [1.29, 1.82) is 0 Å². The number of thiophene rings is 1. The number of hydrogen-bond acceptors (Lipinski definition) is 6. The highest BCUT2D eigenvalue weighted by atomic mass is 32.1. The van der Waals surface area contributed by atoms with E-state index in [0.717, 1.165) is 11.4 Å². The first kappa shape index (κ1) is 14.7. The minimum atomic E-state index is 0.00252. The number of carbonyl (C=O) groups excluding carboxylic acids is 1. The number of amides is 1. The maximum Gasteiger partial charge on any atom is 0.257 e. The summed E-state index contributed by atoms with van der Waals surface area (Å²) in [5, 5.41) is 12.7. The lowest BCUT2D eigenvalue weighted by molar-refractivity contribution is -0.121. The number of aromatic nitrogens is 2. The molecule has 0 aliphatic heterocycles. The van der Waals surface area contributed by atoms with Crippen molar-refractivity contribution in [2.24, 2.45) is 0 Å². The second-order valence-corrected chi connectivity index (χ2v) is 5.58. The van der Waals surface area contributed by atoms with Crippen LogP contribution in [0, 0.1) is 0 Å². The van der Waals surface area contributed by atoms with Gasteiger partial charge in [0.25, 0.3) is 5.89 Å². The number of nitrogens with zero attached hydrogens (tertiary/aromatic N) is 3. The Morgan fingerprint density at radius 3 is 3.00 bits per heavy atom. The third-order valence-corrected chi connectivity index (χ3v) is 3.50. The van der Waals surface area contributed by atoms with Crippen molar-refractivity contribution in [2.75, 3.05) is 27.2 Å². The standard InChI is InChI=1S/C13H18N4O2S/c1-17(2)8-7-14-11(18)5-6-12-15-16-13(19-12)10-4-3-9-20-10/h3-4,9H,5-8H2,1-2H3,(H,14,18). The Kier molecular flexibility index (Phi) is 5.25. The lowest BCUT2D eigenvalue weighted by Gasteiger charge is -2.09. The van der Waals surface area contributed by atoms with E-state index in [-0.39, 0.29) is 5.91 Å². The van der Waals surface area contributed by atoms with Gasteiger partial charge < -0.3 is 14.6 Å². The Morgan fingerprint density at radius 1 is 1.45 bits per heavy atom. The first-order chi connectivity index (χ1) is 9.65. The van der Waals surface area contributed by atoms with Crippen LogP contribution in [0.2, 0.25) is 0 Å². The van der Waals surface area contributed by atoms with Crippen LogP contribution in [0.1, 0.15) is 12.3 Å². The molecule has 0 bridgehead atoms. The van der Waals surface area contributed by atoms with Crippen molar-refractivity contribution in [2.45, 2.75) is 12.8 Å². The first-order valence-electron chi connectivity index (χ1n) is 6.43. The summed E-state index contributed by atoms with van der Waals surface area (Å²) in [4.78, 5) is 14.6. The Hall–Kier alpha value is -1.73. The lowest BCUT2D eigenvalue weighted by Crippen LogP contribution is -2.31. The van der Waals surface area contributed by atoms with Crippen molar-refractivity contribution >= 4 is 17.2 Å². The quantitative estimate of drug-likeness (QED) is 0.836. The van der Waals surface area contributed by atoms with Gasteiger partial charge in [-0.05, 0) is 25.5 Å². The molecular formula is C13H18N4O2S. The zero-order chi connectivity index (χ0) is 14.4. The van der Waals surface area contributed by atoms with Gasteiger partial charge >= 0.3 is 0 Å². The van der Waals surface area contributed by atoms with Gasteiger partial charge in [0, 0.05) is 25.9 Å². The number of hydrogen-bond donors (Lipinski definition) is 1. The highest BCUT2D eigenvalue weighted by molar-refractivity contribution is 7.13. The summed E-state index contributed by atoms with van der Waals surface area (Å²) in [7, 11) is 3.94. The Morgan fingerprint density at radius 2 is 2.30 bits per heavy atom. The maximum atomic E-state index is 11.6. The largest absolute Gasteiger partial charge is 0.420 e. The summed E-state index contributed by atoms with van der Waals surface area (Å²) in [6, 6.07) is 3.86. The molecule has 1 N–H and O–H groups in total. The highest BCUT2D eigenvalue weighted by Crippen LogP contribution is 2.23. The number of rotatable bonds is 7. The molecule has 0 saturated carbocycles. The van der Waals surface area contributed by atoms with Gasteiger partial charge in [0.2, 0.25) is 11.8 Å². The van der Waals surface area contributed by atoms with Crippen LogP contribution >= 0.6 is 11.3 Å². The molecule has 6 nitrogen and oxygen atoms in total. The van der Waals surface area contributed by atoms with Crippen LogP contribution in [0.25, 0.3) is 10.8 Å². The second-order valence-electron chi connectivity index (χ2n) is 4.63. The lowest BCUT2D eigenvalue weighted by atomic mass is 10.3. The highest BCUT2D eigenvalue weighted by Gasteiger charge is 2.10. The van der Waals surface area contributed by atoms with E-state index in [4.69, 9.17) is 4.42 Å². The maximum absolute atomic E-state index is 11.6. The average Bonchev–Trinajstić information content (AvgIpc) is 3.06. The van der Waals surface area contributed by atoms with E-state index in [9.17, 15) is 4.79 Å². The number of likely N-dealkylation sites (N-methyl/N-ethyl adjacent to an activating group) is 1. The van der Waals surface area contributed by atoms with E-state index in [1.807, 2.05) is 36.5 Å².